The molecule has 0 amide bonds. The van der Waals surface area contributed by atoms with E-state index in [4.69, 9.17) is 0 Å². The number of alkyl halides is 3. The van der Waals surface area contributed by atoms with Gasteiger partial charge in [-0.05, 0) is 30.4 Å². The van der Waals surface area contributed by atoms with Gasteiger partial charge in [0.15, 0.2) is 0 Å². The minimum Gasteiger partial charge on any atom is -0.463 e. The van der Waals surface area contributed by atoms with Crippen molar-refractivity contribution in [3.8, 4) is 0 Å². The predicted molar refractivity (Wildman–Crippen MR) is 106 cm³/mol. The van der Waals surface area contributed by atoms with Crippen LogP contribution in [0.1, 0.15) is 40.2 Å². The molecule has 0 radical (unpaired) electrons. The van der Waals surface area contributed by atoms with Crippen molar-refractivity contribution in [3.63, 3.8) is 0 Å². The Hall–Kier alpha value is -2.58. The highest BCUT2D eigenvalue weighted by Crippen LogP contribution is 2.38. The Morgan fingerprint density at radius 1 is 1.21 bits per heavy atom. The molecule has 0 saturated carbocycles. The lowest BCUT2D eigenvalue weighted by molar-refractivity contribution is -0.384. The number of allylic oxidation sites excluding steroid dienone is 1. The molecular weight excluding hydrogens is 389 g/mol. The van der Waals surface area contributed by atoms with Crippen LogP contribution in [0, 0.1) is 22.0 Å². The van der Waals surface area contributed by atoms with Crippen molar-refractivity contribution in [2.24, 2.45) is 11.8 Å². The van der Waals surface area contributed by atoms with Crippen LogP contribution in [0.3, 0.4) is 0 Å². The molecule has 1 aromatic rings. The molecule has 1 rings (SSSR count). The number of rotatable bonds is 9. The SMILES string of the molecule is CCOC(=O)/C=C(\c1ccc(N(CC(C)C)CC(C)C)c([N+](=O)[O-])c1)C(F)(F)F. The van der Waals surface area contributed by atoms with Gasteiger partial charge in [0.25, 0.3) is 5.69 Å². The van der Waals surface area contributed by atoms with Gasteiger partial charge in [-0.15, -0.1) is 0 Å². The van der Waals surface area contributed by atoms with Crippen LogP contribution < -0.4 is 4.90 Å². The van der Waals surface area contributed by atoms with Gasteiger partial charge in [-0.1, -0.05) is 33.8 Å². The normalized spacial score (nSPS) is 12.4. The first-order valence-corrected chi connectivity index (χ1v) is 9.36. The van der Waals surface area contributed by atoms with E-state index in [1.54, 1.807) is 4.90 Å². The van der Waals surface area contributed by atoms with Gasteiger partial charge >= 0.3 is 12.1 Å². The molecule has 0 saturated heterocycles. The van der Waals surface area contributed by atoms with Crippen molar-refractivity contribution in [1.82, 2.24) is 0 Å². The number of ether oxygens (including phenoxy) is 1. The molecule has 0 spiro atoms. The van der Waals surface area contributed by atoms with Crippen molar-refractivity contribution < 1.29 is 27.6 Å². The van der Waals surface area contributed by atoms with E-state index >= 15 is 0 Å². The highest BCUT2D eigenvalue weighted by atomic mass is 19.4. The number of hydrogen-bond donors (Lipinski definition) is 0. The second-order valence-electron chi connectivity index (χ2n) is 7.46. The van der Waals surface area contributed by atoms with Crippen LogP contribution in [0.15, 0.2) is 24.3 Å². The van der Waals surface area contributed by atoms with Gasteiger partial charge in [0.2, 0.25) is 0 Å². The Balaban J connectivity index is 3.54. The van der Waals surface area contributed by atoms with E-state index in [9.17, 15) is 28.1 Å². The quantitative estimate of drug-likeness (QED) is 0.239. The van der Waals surface area contributed by atoms with E-state index in [1.807, 2.05) is 27.7 Å². The summed E-state index contributed by atoms with van der Waals surface area (Å²) in [5.41, 5.74) is -1.94. The number of nitro groups is 1. The van der Waals surface area contributed by atoms with Crippen molar-refractivity contribution in [2.75, 3.05) is 24.6 Å². The molecule has 0 bridgehead atoms. The van der Waals surface area contributed by atoms with Crippen LogP contribution in [0.25, 0.3) is 5.57 Å². The van der Waals surface area contributed by atoms with Crippen LogP contribution in [0.4, 0.5) is 24.5 Å². The summed E-state index contributed by atoms with van der Waals surface area (Å²) in [6, 6.07) is 3.32. The van der Waals surface area contributed by atoms with Crippen molar-refractivity contribution >= 4 is 22.9 Å². The molecule has 0 aromatic heterocycles. The van der Waals surface area contributed by atoms with E-state index in [0.717, 1.165) is 12.1 Å². The zero-order valence-electron chi connectivity index (χ0n) is 17.2. The summed E-state index contributed by atoms with van der Waals surface area (Å²) < 4.78 is 45.0. The van der Waals surface area contributed by atoms with Crippen molar-refractivity contribution in [2.45, 2.75) is 40.8 Å². The number of benzene rings is 1. The molecule has 0 unspecified atom stereocenters. The van der Waals surface area contributed by atoms with Gasteiger partial charge in [-0.2, -0.15) is 13.2 Å². The third-order valence-electron chi connectivity index (χ3n) is 3.85. The predicted octanol–water partition coefficient (Wildman–Crippen LogP) is 5.22. The minimum atomic E-state index is -4.88. The Labute approximate surface area is 168 Å². The summed E-state index contributed by atoms with van der Waals surface area (Å²) in [7, 11) is 0. The van der Waals surface area contributed by atoms with Crippen LogP contribution in [0.5, 0.6) is 0 Å². The molecular formula is C20H27F3N2O4. The van der Waals surface area contributed by atoms with Crippen molar-refractivity contribution in [1.29, 1.82) is 0 Å². The number of carbonyl (C=O) groups is 1. The molecule has 162 valence electrons. The smallest absolute Gasteiger partial charge is 0.417 e. The number of carbonyl (C=O) groups excluding carboxylic acids is 1. The van der Waals surface area contributed by atoms with E-state index in [0.29, 0.717) is 19.2 Å². The van der Waals surface area contributed by atoms with E-state index < -0.39 is 33.9 Å². The largest absolute Gasteiger partial charge is 0.463 e. The maximum absolute atomic E-state index is 13.5. The second kappa shape index (κ2) is 10.3. The van der Waals surface area contributed by atoms with Crippen LogP contribution >= 0.6 is 0 Å². The first-order chi connectivity index (χ1) is 13.4. The molecule has 0 atom stereocenters. The van der Waals surface area contributed by atoms with Crippen molar-refractivity contribution in [3.05, 3.63) is 40.0 Å². The molecule has 0 aliphatic rings. The van der Waals surface area contributed by atoms with E-state index in [2.05, 4.69) is 4.74 Å². The molecule has 6 nitrogen and oxygen atoms in total. The zero-order valence-corrected chi connectivity index (χ0v) is 17.2. The van der Waals surface area contributed by atoms with Gasteiger partial charge in [-0.3, -0.25) is 10.1 Å². The molecule has 0 aliphatic heterocycles. The summed E-state index contributed by atoms with van der Waals surface area (Å²) in [6.07, 6.45) is -4.56. The van der Waals surface area contributed by atoms with E-state index in [-0.39, 0.29) is 24.1 Å². The molecule has 0 N–H and O–H groups in total. The molecule has 0 aliphatic carbocycles. The number of nitrogens with zero attached hydrogens (tertiary/aromatic N) is 2. The summed E-state index contributed by atoms with van der Waals surface area (Å²) in [6.45, 7) is 10.2. The maximum Gasteiger partial charge on any atom is 0.417 e. The average molecular weight is 416 g/mol. The van der Waals surface area contributed by atoms with Gasteiger partial charge < -0.3 is 9.64 Å². The van der Waals surface area contributed by atoms with Gasteiger partial charge in [0.05, 0.1) is 17.1 Å². The number of nitro benzene ring substituents is 1. The standard InChI is InChI=1S/C20H27F3N2O4/c1-6-29-19(26)10-16(20(21,22)23)15-7-8-17(18(9-15)25(27)28)24(11-13(2)3)12-14(4)5/h7-10,13-14H,6,11-12H2,1-5H3/b16-10+. The molecule has 0 heterocycles. The topological polar surface area (TPSA) is 72.7 Å². The third kappa shape index (κ3) is 7.40. The summed E-state index contributed by atoms with van der Waals surface area (Å²) in [5, 5.41) is 11.6. The zero-order chi connectivity index (χ0) is 22.4. The lowest BCUT2D eigenvalue weighted by Gasteiger charge is -2.28. The van der Waals surface area contributed by atoms with Gasteiger partial charge in [0, 0.05) is 25.2 Å². The Morgan fingerprint density at radius 2 is 1.76 bits per heavy atom. The van der Waals surface area contributed by atoms with Crippen LogP contribution in [-0.2, 0) is 9.53 Å². The Bertz CT molecular complexity index is 749. The molecule has 1 aromatic carbocycles. The highest BCUT2D eigenvalue weighted by Gasteiger charge is 2.37. The fourth-order valence-electron chi connectivity index (χ4n) is 2.89. The monoisotopic (exact) mass is 416 g/mol. The summed E-state index contributed by atoms with van der Waals surface area (Å²) >= 11 is 0. The lowest BCUT2D eigenvalue weighted by atomic mass is 10.0. The first-order valence-electron chi connectivity index (χ1n) is 9.36. The average Bonchev–Trinajstić information content (AvgIpc) is 2.57. The maximum atomic E-state index is 13.5. The summed E-state index contributed by atoms with van der Waals surface area (Å²) in [4.78, 5) is 24.3. The molecule has 29 heavy (non-hydrogen) atoms. The first kappa shape index (κ1) is 24.5. The highest BCUT2D eigenvalue weighted by molar-refractivity contribution is 5.93. The fourth-order valence-corrected chi connectivity index (χ4v) is 2.89. The van der Waals surface area contributed by atoms with E-state index in [1.165, 1.54) is 13.0 Å². The Morgan fingerprint density at radius 3 is 2.17 bits per heavy atom. The van der Waals surface area contributed by atoms with Gasteiger partial charge in [-0.25, -0.2) is 4.79 Å². The Kier molecular flexibility index (Phi) is 8.66. The third-order valence-corrected chi connectivity index (χ3v) is 3.85. The summed E-state index contributed by atoms with van der Waals surface area (Å²) in [5.74, 6) is -0.766. The fraction of sp³-hybridized carbons (Fsp3) is 0.550. The van der Waals surface area contributed by atoms with Crippen LogP contribution in [-0.4, -0.2) is 36.8 Å². The second-order valence-corrected chi connectivity index (χ2v) is 7.46. The number of hydrogen-bond acceptors (Lipinski definition) is 5. The van der Waals surface area contributed by atoms with Gasteiger partial charge in [0.1, 0.15) is 5.69 Å². The molecule has 9 heteroatoms. The van der Waals surface area contributed by atoms with Crippen LogP contribution in [0.2, 0.25) is 0 Å². The molecule has 0 fully saturated rings. The number of esters is 1. The number of halogens is 3. The lowest BCUT2D eigenvalue weighted by Crippen LogP contribution is -2.31. The number of anilines is 1. The minimum absolute atomic E-state index is 0.0844.